The molecular weight excluding hydrogens is 228 g/mol. The van der Waals surface area contributed by atoms with E-state index < -0.39 is 0 Å². The summed E-state index contributed by atoms with van der Waals surface area (Å²) in [6, 6.07) is 2.42. The topological polar surface area (TPSA) is 60.6 Å². The first-order valence-corrected chi connectivity index (χ1v) is 6.52. The van der Waals surface area contributed by atoms with E-state index in [2.05, 4.69) is 26.9 Å². The second-order valence-electron chi connectivity index (χ2n) is 5.21. The van der Waals surface area contributed by atoms with Crippen molar-refractivity contribution in [2.45, 2.75) is 30.8 Å². The van der Waals surface area contributed by atoms with Crippen molar-refractivity contribution in [3.8, 4) is 0 Å². The fourth-order valence-corrected chi connectivity index (χ4v) is 2.78. The number of aromatic nitrogens is 5. The van der Waals surface area contributed by atoms with Crippen molar-refractivity contribution in [2.75, 3.05) is 13.1 Å². The minimum atomic E-state index is -0.0201. The fourth-order valence-electron chi connectivity index (χ4n) is 2.78. The third kappa shape index (κ3) is 1.42. The molecule has 1 aliphatic carbocycles. The number of hydrogen-bond donors (Lipinski definition) is 1. The van der Waals surface area contributed by atoms with Crippen molar-refractivity contribution in [1.29, 1.82) is 0 Å². The predicted molar refractivity (Wildman–Crippen MR) is 65.1 cm³/mol. The Labute approximate surface area is 105 Å². The van der Waals surface area contributed by atoms with Crippen LogP contribution in [0, 0.1) is 0 Å². The second kappa shape index (κ2) is 3.65. The number of hydrogen-bond acceptors (Lipinski definition) is 4. The standard InChI is InChI=1S/C12H16N6/c1-5-14-18(7-1)12(3-4-12)11-9-17(16-15-11)10-2-6-13-8-10/h1,5,7,9-10,13H,2-4,6,8H2/t10-/m0/s1. The van der Waals surface area contributed by atoms with E-state index in [9.17, 15) is 0 Å². The molecule has 94 valence electrons. The van der Waals surface area contributed by atoms with Gasteiger partial charge in [-0.2, -0.15) is 5.10 Å². The molecule has 2 fully saturated rings. The SMILES string of the molecule is c1cnn(C2(c3cn([C@H]4CCNC4)nn3)CC2)c1. The highest BCUT2D eigenvalue weighted by Crippen LogP contribution is 2.47. The molecule has 1 saturated carbocycles. The van der Waals surface area contributed by atoms with Crippen LogP contribution in [0.15, 0.2) is 24.7 Å². The van der Waals surface area contributed by atoms with Gasteiger partial charge >= 0.3 is 0 Å². The number of nitrogens with one attached hydrogen (secondary N) is 1. The molecule has 2 aliphatic rings. The van der Waals surface area contributed by atoms with Gasteiger partial charge in [0.25, 0.3) is 0 Å². The van der Waals surface area contributed by atoms with Crippen molar-refractivity contribution in [3.05, 3.63) is 30.4 Å². The lowest BCUT2D eigenvalue weighted by Gasteiger charge is -2.12. The molecule has 2 aromatic rings. The molecule has 1 saturated heterocycles. The minimum Gasteiger partial charge on any atom is -0.315 e. The monoisotopic (exact) mass is 244 g/mol. The predicted octanol–water partition coefficient (Wildman–Crippen LogP) is 0.546. The van der Waals surface area contributed by atoms with Crippen molar-refractivity contribution in [2.24, 2.45) is 0 Å². The van der Waals surface area contributed by atoms with E-state index in [1.807, 2.05) is 27.8 Å². The van der Waals surface area contributed by atoms with Crippen LogP contribution < -0.4 is 5.32 Å². The van der Waals surface area contributed by atoms with Crippen LogP contribution in [0.3, 0.4) is 0 Å². The highest BCUT2D eigenvalue weighted by molar-refractivity contribution is 5.21. The summed E-state index contributed by atoms with van der Waals surface area (Å²) in [7, 11) is 0. The molecule has 0 unspecified atom stereocenters. The van der Waals surface area contributed by atoms with Crippen LogP contribution in [0.2, 0.25) is 0 Å². The van der Waals surface area contributed by atoms with Crippen LogP contribution in [0.1, 0.15) is 31.0 Å². The molecule has 0 bridgehead atoms. The van der Waals surface area contributed by atoms with Crippen molar-refractivity contribution >= 4 is 0 Å². The summed E-state index contributed by atoms with van der Waals surface area (Å²) in [6.07, 6.45) is 9.30. The third-order valence-corrected chi connectivity index (χ3v) is 4.06. The van der Waals surface area contributed by atoms with E-state index >= 15 is 0 Å². The molecule has 1 N–H and O–H groups in total. The molecule has 3 heterocycles. The number of nitrogens with zero attached hydrogens (tertiary/aromatic N) is 5. The average Bonchev–Trinajstić information content (AvgIpc) is 2.96. The van der Waals surface area contributed by atoms with Gasteiger partial charge < -0.3 is 5.32 Å². The van der Waals surface area contributed by atoms with Gasteiger partial charge in [0.1, 0.15) is 11.2 Å². The summed E-state index contributed by atoms with van der Waals surface area (Å²) >= 11 is 0. The van der Waals surface area contributed by atoms with Crippen LogP contribution in [0.5, 0.6) is 0 Å². The molecular formula is C12H16N6. The van der Waals surface area contributed by atoms with Gasteiger partial charge in [-0.25, -0.2) is 4.68 Å². The van der Waals surface area contributed by atoms with E-state index in [0.29, 0.717) is 6.04 Å². The lowest BCUT2D eigenvalue weighted by Crippen LogP contribution is -2.19. The van der Waals surface area contributed by atoms with Gasteiger partial charge in [0, 0.05) is 18.9 Å². The average molecular weight is 244 g/mol. The molecule has 6 nitrogen and oxygen atoms in total. The quantitative estimate of drug-likeness (QED) is 0.856. The summed E-state index contributed by atoms with van der Waals surface area (Å²) < 4.78 is 4.03. The Bertz CT molecular complexity index is 533. The van der Waals surface area contributed by atoms with E-state index in [4.69, 9.17) is 0 Å². The molecule has 0 amide bonds. The summed E-state index contributed by atoms with van der Waals surface area (Å²) in [5.74, 6) is 0. The summed E-state index contributed by atoms with van der Waals surface area (Å²) in [6.45, 7) is 2.07. The van der Waals surface area contributed by atoms with Gasteiger partial charge in [0.15, 0.2) is 0 Å². The van der Waals surface area contributed by atoms with E-state index in [-0.39, 0.29) is 5.54 Å². The van der Waals surface area contributed by atoms with Crippen molar-refractivity contribution < 1.29 is 0 Å². The molecule has 0 radical (unpaired) electrons. The third-order valence-electron chi connectivity index (χ3n) is 4.06. The van der Waals surface area contributed by atoms with Crippen LogP contribution in [-0.2, 0) is 5.54 Å². The Hall–Kier alpha value is -1.69. The van der Waals surface area contributed by atoms with Gasteiger partial charge in [0.2, 0.25) is 0 Å². The maximum absolute atomic E-state index is 4.38. The zero-order chi connectivity index (χ0) is 12.0. The first kappa shape index (κ1) is 10.3. The van der Waals surface area contributed by atoms with Crippen LogP contribution in [0.25, 0.3) is 0 Å². The Morgan fingerprint density at radius 1 is 1.39 bits per heavy atom. The molecule has 4 rings (SSSR count). The fraction of sp³-hybridized carbons (Fsp3) is 0.583. The van der Waals surface area contributed by atoms with Crippen LogP contribution >= 0.6 is 0 Å². The molecule has 2 aromatic heterocycles. The molecule has 1 atom stereocenters. The van der Waals surface area contributed by atoms with Gasteiger partial charge in [-0.1, -0.05) is 5.21 Å². The molecule has 1 aliphatic heterocycles. The first-order valence-electron chi connectivity index (χ1n) is 6.52. The van der Waals surface area contributed by atoms with Gasteiger partial charge in [0.05, 0.1) is 12.2 Å². The summed E-state index contributed by atoms with van der Waals surface area (Å²) in [4.78, 5) is 0. The van der Waals surface area contributed by atoms with Crippen molar-refractivity contribution in [1.82, 2.24) is 30.1 Å². The summed E-state index contributed by atoms with van der Waals surface area (Å²) in [5, 5.41) is 16.4. The Kier molecular flexibility index (Phi) is 2.08. The van der Waals surface area contributed by atoms with Crippen LogP contribution in [0.4, 0.5) is 0 Å². The van der Waals surface area contributed by atoms with Gasteiger partial charge in [-0.05, 0) is 31.9 Å². The highest BCUT2D eigenvalue weighted by Gasteiger charge is 2.49. The maximum Gasteiger partial charge on any atom is 0.110 e. The Morgan fingerprint density at radius 2 is 2.33 bits per heavy atom. The zero-order valence-corrected chi connectivity index (χ0v) is 10.2. The van der Waals surface area contributed by atoms with E-state index in [0.717, 1.165) is 38.0 Å². The lowest BCUT2D eigenvalue weighted by atomic mass is 10.2. The maximum atomic E-state index is 4.38. The number of rotatable bonds is 3. The lowest BCUT2D eigenvalue weighted by molar-refractivity contribution is 0.476. The normalized spacial score (nSPS) is 25.4. The Morgan fingerprint density at radius 3 is 3.00 bits per heavy atom. The largest absolute Gasteiger partial charge is 0.315 e. The van der Waals surface area contributed by atoms with Gasteiger partial charge in [-0.15, -0.1) is 5.10 Å². The molecule has 0 spiro atoms. The van der Waals surface area contributed by atoms with Crippen LogP contribution in [-0.4, -0.2) is 37.9 Å². The first-order chi connectivity index (χ1) is 8.88. The van der Waals surface area contributed by atoms with Crippen molar-refractivity contribution in [3.63, 3.8) is 0 Å². The van der Waals surface area contributed by atoms with E-state index in [1.165, 1.54) is 0 Å². The zero-order valence-electron chi connectivity index (χ0n) is 10.2. The second-order valence-corrected chi connectivity index (χ2v) is 5.21. The molecule has 6 heteroatoms. The summed E-state index contributed by atoms with van der Waals surface area (Å²) in [5.41, 5.74) is 1.03. The molecule has 18 heavy (non-hydrogen) atoms. The van der Waals surface area contributed by atoms with Gasteiger partial charge in [-0.3, -0.25) is 4.68 Å². The van der Waals surface area contributed by atoms with E-state index in [1.54, 1.807) is 0 Å². The Balaban J connectivity index is 1.65. The smallest absolute Gasteiger partial charge is 0.110 e. The highest BCUT2D eigenvalue weighted by atomic mass is 15.5. The molecule has 0 aromatic carbocycles. The minimum absolute atomic E-state index is 0.0201.